The molecule has 1 fully saturated rings. The van der Waals surface area contributed by atoms with E-state index in [1.165, 1.54) is 5.56 Å². The number of carbonyl (C=O) groups excluding carboxylic acids is 1. The van der Waals surface area contributed by atoms with Crippen molar-refractivity contribution in [2.45, 2.75) is 25.8 Å². The average Bonchev–Trinajstić information content (AvgIpc) is 2.98. The standard InChI is InChI=1S/C15H19N5O/c1-11-2-4-13(5-3-11)20-10-14(17-18-20)15(21)19-8-6-12(16)7-9-19/h2-5,10,12H,6-9,16H2,1H3. The minimum absolute atomic E-state index is 0.0692. The molecule has 2 N–H and O–H groups in total. The number of nitrogens with zero attached hydrogens (tertiary/aromatic N) is 4. The molecule has 1 aromatic heterocycles. The summed E-state index contributed by atoms with van der Waals surface area (Å²) in [6, 6.07) is 8.13. The molecule has 6 heteroatoms. The van der Waals surface area contributed by atoms with Gasteiger partial charge in [-0.1, -0.05) is 22.9 Å². The van der Waals surface area contributed by atoms with Gasteiger partial charge in [0.25, 0.3) is 5.91 Å². The van der Waals surface area contributed by atoms with Gasteiger partial charge < -0.3 is 10.6 Å². The maximum absolute atomic E-state index is 12.4. The molecule has 3 rings (SSSR count). The molecule has 1 aliphatic rings. The summed E-state index contributed by atoms with van der Waals surface area (Å²) in [4.78, 5) is 14.2. The number of likely N-dealkylation sites (tertiary alicyclic amines) is 1. The molecule has 2 heterocycles. The Labute approximate surface area is 123 Å². The lowest BCUT2D eigenvalue weighted by Gasteiger charge is -2.29. The third kappa shape index (κ3) is 2.95. The van der Waals surface area contributed by atoms with Crippen LogP contribution in [0.5, 0.6) is 0 Å². The molecule has 6 nitrogen and oxygen atoms in total. The van der Waals surface area contributed by atoms with E-state index in [1.807, 2.05) is 31.2 Å². The van der Waals surface area contributed by atoms with Crippen LogP contribution in [-0.4, -0.2) is 44.9 Å². The molecule has 0 bridgehead atoms. The molecule has 1 saturated heterocycles. The Balaban J connectivity index is 1.75. The second kappa shape index (κ2) is 5.65. The Bertz CT molecular complexity index is 626. The molecule has 0 spiro atoms. The average molecular weight is 285 g/mol. The van der Waals surface area contributed by atoms with E-state index < -0.39 is 0 Å². The van der Waals surface area contributed by atoms with Gasteiger partial charge in [-0.05, 0) is 31.9 Å². The Kier molecular flexibility index (Phi) is 3.70. The molecule has 2 aromatic rings. The molecule has 1 aliphatic heterocycles. The van der Waals surface area contributed by atoms with E-state index in [0.29, 0.717) is 18.8 Å². The Morgan fingerprint density at radius 2 is 1.90 bits per heavy atom. The number of hydrogen-bond donors (Lipinski definition) is 1. The highest BCUT2D eigenvalue weighted by atomic mass is 16.2. The van der Waals surface area contributed by atoms with Gasteiger partial charge in [0.1, 0.15) is 0 Å². The first-order chi connectivity index (χ1) is 10.1. The van der Waals surface area contributed by atoms with Crippen LogP contribution in [0.15, 0.2) is 30.5 Å². The second-order valence-corrected chi connectivity index (χ2v) is 5.51. The molecule has 0 aliphatic carbocycles. The van der Waals surface area contributed by atoms with E-state index >= 15 is 0 Å². The number of piperidine rings is 1. The number of benzene rings is 1. The summed E-state index contributed by atoms with van der Waals surface area (Å²) in [7, 11) is 0. The van der Waals surface area contributed by atoms with E-state index in [4.69, 9.17) is 5.73 Å². The maximum atomic E-state index is 12.4. The van der Waals surface area contributed by atoms with Gasteiger partial charge in [0.2, 0.25) is 0 Å². The van der Waals surface area contributed by atoms with Crippen LogP contribution in [0.4, 0.5) is 0 Å². The Morgan fingerprint density at radius 3 is 2.57 bits per heavy atom. The SMILES string of the molecule is Cc1ccc(-n2cc(C(=O)N3CCC(N)CC3)nn2)cc1. The Hall–Kier alpha value is -2.21. The highest BCUT2D eigenvalue weighted by Crippen LogP contribution is 2.13. The zero-order valence-corrected chi connectivity index (χ0v) is 12.1. The predicted octanol–water partition coefficient (Wildman–Crippen LogP) is 1.14. The van der Waals surface area contributed by atoms with Gasteiger partial charge in [0, 0.05) is 19.1 Å². The van der Waals surface area contributed by atoms with Crippen molar-refractivity contribution in [3.05, 3.63) is 41.7 Å². The van der Waals surface area contributed by atoms with E-state index in [-0.39, 0.29) is 11.9 Å². The molecule has 0 unspecified atom stereocenters. The van der Waals surface area contributed by atoms with Crippen LogP contribution in [0, 0.1) is 6.92 Å². The zero-order valence-electron chi connectivity index (χ0n) is 12.1. The van der Waals surface area contributed by atoms with Gasteiger partial charge in [0.05, 0.1) is 11.9 Å². The van der Waals surface area contributed by atoms with Crippen LogP contribution < -0.4 is 5.73 Å². The fourth-order valence-electron chi connectivity index (χ4n) is 2.45. The van der Waals surface area contributed by atoms with Gasteiger partial charge >= 0.3 is 0 Å². The van der Waals surface area contributed by atoms with Crippen molar-refractivity contribution in [3.63, 3.8) is 0 Å². The fraction of sp³-hybridized carbons (Fsp3) is 0.400. The van der Waals surface area contributed by atoms with E-state index in [2.05, 4.69) is 10.3 Å². The fourth-order valence-corrected chi connectivity index (χ4v) is 2.45. The molecular formula is C15H19N5O. The Morgan fingerprint density at radius 1 is 1.24 bits per heavy atom. The van der Waals surface area contributed by atoms with Gasteiger partial charge in [0.15, 0.2) is 5.69 Å². The maximum Gasteiger partial charge on any atom is 0.276 e. The number of hydrogen-bond acceptors (Lipinski definition) is 4. The first-order valence-electron chi connectivity index (χ1n) is 7.18. The monoisotopic (exact) mass is 285 g/mol. The van der Waals surface area contributed by atoms with Crippen molar-refractivity contribution in [1.82, 2.24) is 19.9 Å². The van der Waals surface area contributed by atoms with Crippen molar-refractivity contribution >= 4 is 5.91 Å². The lowest BCUT2D eigenvalue weighted by molar-refractivity contribution is 0.0708. The first kappa shape index (κ1) is 13.8. The topological polar surface area (TPSA) is 77.0 Å². The van der Waals surface area contributed by atoms with Crippen LogP contribution in [0.2, 0.25) is 0 Å². The van der Waals surface area contributed by atoms with Crippen molar-refractivity contribution in [1.29, 1.82) is 0 Å². The predicted molar refractivity (Wildman–Crippen MR) is 79.2 cm³/mol. The molecule has 0 saturated carbocycles. The van der Waals surface area contributed by atoms with Gasteiger partial charge in [-0.25, -0.2) is 4.68 Å². The molecule has 21 heavy (non-hydrogen) atoms. The number of amides is 1. The normalized spacial score (nSPS) is 16.2. The lowest BCUT2D eigenvalue weighted by atomic mass is 10.1. The summed E-state index contributed by atoms with van der Waals surface area (Å²) in [5, 5.41) is 8.04. The van der Waals surface area contributed by atoms with Crippen LogP contribution in [0.3, 0.4) is 0 Å². The van der Waals surface area contributed by atoms with Gasteiger partial charge in [-0.15, -0.1) is 5.10 Å². The summed E-state index contributed by atoms with van der Waals surface area (Å²) in [6.07, 6.45) is 3.37. The number of aromatic nitrogens is 3. The van der Waals surface area contributed by atoms with Crippen LogP contribution in [0.25, 0.3) is 5.69 Å². The second-order valence-electron chi connectivity index (χ2n) is 5.51. The van der Waals surface area contributed by atoms with Crippen LogP contribution >= 0.6 is 0 Å². The molecule has 1 aromatic carbocycles. The number of carbonyl (C=O) groups is 1. The van der Waals surface area contributed by atoms with Crippen molar-refractivity contribution in [2.24, 2.45) is 5.73 Å². The number of rotatable bonds is 2. The smallest absolute Gasteiger partial charge is 0.276 e. The summed E-state index contributed by atoms with van der Waals surface area (Å²) in [5.74, 6) is -0.0692. The zero-order chi connectivity index (χ0) is 14.8. The largest absolute Gasteiger partial charge is 0.337 e. The highest BCUT2D eigenvalue weighted by Gasteiger charge is 2.23. The van der Waals surface area contributed by atoms with Crippen molar-refractivity contribution in [3.8, 4) is 5.69 Å². The van der Waals surface area contributed by atoms with Crippen LogP contribution in [0.1, 0.15) is 28.9 Å². The number of nitrogens with two attached hydrogens (primary N) is 1. The summed E-state index contributed by atoms with van der Waals surface area (Å²) >= 11 is 0. The van der Waals surface area contributed by atoms with Crippen molar-refractivity contribution in [2.75, 3.05) is 13.1 Å². The molecule has 0 atom stereocenters. The van der Waals surface area contributed by atoms with Crippen molar-refractivity contribution < 1.29 is 4.79 Å². The first-order valence-corrected chi connectivity index (χ1v) is 7.18. The summed E-state index contributed by atoms with van der Waals surface area (Å²) < 4.78 is 1.63. The highest BCUT2D eigenvalue weighted by molar-refractivity contribution is 5.92. The summed E-state index contributed by atoms with van der Waals surface area (Å²) in [6.45, 7) is 3.41. The number of aryl methyl sites for hydroxylation is 1. The minimum atomic E-state index is -0.0692. The quantitative estimate of drug-likeness (QED) is 0.897. The molecule has 0 radical (unpaired) electrons. The third-order valence-electron chi connectivity index (χ3n) is 3.84. The molecular weight excluding hydrogens is 266 g/mol. The lowest BCUT2D eigenvalue weighted by Crippen LogP contribution is -2.43. The third-order valence-corrected chi connectivity index (χ3v) is 3.84. The van der Waals surface area contributed by atoms with E-state index in [0.717, 1.165) is 18.5 Å². The molecule has 110 valence electrons. The van der Waals surface area contributed by atoms with E-state index in [9.17, 15) is 4.79 Å². The van der Waals surface area contributed by atoms with Crippen LogP contribution in [-0.2, 0) is 0 Å². The van der Waals surface area contributed by atoms with Gasteiger partial charge in [-0.2, -0.15) is 0 Å². The van der Waals surface area contributed by atoms with E-state index in [1.54, 1.807) is 15.8 Å². The summed E-state index contributed by atoms with van der Waals surface area (Å²) in [5.41, 5.74) is 8.32. The van der Waals surface area contributed by atoms with Gasteiger partial charge in [-0.3, -0.25) is 4.79 Å². The minimum Gasteiger partial charge on any atom is -0.337 e. The molecule has 1 amide bonds.